The third-order valence-corrected chi connectivity index (χ3v) is 8.18. The molecule has 0 saturated heterocycles. The molecular formula is C31H33N3O8. The fraction of sp³-hybridized carbons (Fsp3) is 0.387. The Balaban J connectivity index is 1.69. The van der Waals surface area contributed by atoms with E-state index in [0.717, 1.165) is 0 Å². The number of fused-ring (bicyclic) bond motifs is 3. The Morgan fingerprint density at radius 1 is 1.02 bits per heavy atom. The van der Waals surface area contributed by atoms with Gasteiger partial charge in [-0.3, -0.25) is 4.79 Å². The van der Waals surface area contributed by atoms with Crippen molar-refractivity contribution in [2.24, 2.45) is 11.0 Å². The maximum Gasteiger partial charge on any atom is 0.312 e. The van der Waals surface area contributed by atoms with Crippen molar-refractivity contribution in [2.45, 2.75) is 36.1 Å². The molecule has 0 radical (unpaired) electrons. The van der Waals surface area contributed by atoms with Gasteiger partial charge in [0.25, 0.3) is 0 Å². The number of hydrogen-bond acceptors (Lipinski definition) is 9. The Morgan fingerprint density at radius 3 is 2.40 bits per heavy atom. The van der Waals surface area contributed by atoms with Gasteiger partial charge in [0.2, 0.25) is 0 Å². The van der Waals surface area contributed by atoms with Gasteiger partial charge >= 0.3 is 5.97 Å². The van der Waals surface area contributed by atoms with E-state index in [1.807, 2.05) is 30.3 Å². The van der Waals surface area contributed by atoms with Gasteiger partial charge in [0.1, 0.15) is 29.1 Å². The van der Waals surface area contributed by atoms with Gasteiger partial charge in [-0.1, -0.05) is 47.6 Å². The molecule has 0 aromatic heterocycles. The summed E-state index contributed by atoms with van der Waals surface area (Å²) in [6, 6.07) is 19.4. The second kappa shape index (κ2) is 11.8. The molecule has 0 bridgehead atoms. The highest BCUT2D eigenvalue weighted by Crippen LogP contribution is 2.70. The smallest absolute Gasteiger partial charge is 0.312 e. The Hall–Kier alpha value is -4.44. The van der Waals surface area contributed by atoms with E-state index >= 15 is 0 Å². The number of carbonyl (C=O) groups excluding carboxylic acids is 1. The zero-order valence-electron chi connectivity index (χ0n) is 23.6. The van der Waals surface area contributed by atoms with Crippen LogP contribution in [-0.2, 0) is 20.7 Å². The van der Waals surface area contributed by atoms with Gasteiger partial charge in [-0.05, 0) is 41.6 Å². The lowest BCUT2D eigenvalue weighted by Gasteiger charge is -2.40. The summed E-state index contributed by atoms with van der Waals surface area (Å²) in [6.45, 7) is 0.713. The van der Waals surface area contributed by atoms with Crippen LogP contribution >= 0.6 is 0 Å². The minimum atomic E-state index is -2.14. The van der Waals surface area contributed by atoms with E-state index in [0.29, 0.717) is 48.6 Å². The van der Waals surface area contributed by atoms with Crippen molar-refractivity contribution in [2.75, 3.05) is 34.5 Å². The van der Waals surface area contributed by atoms with Gasteiger partial charge in [-0.15, -0.1) is 0 Å². The van der Waals surface area contributed by atoms with Crippen LogP contribution in [0.5, 0.6) is 23.0 Å². The van der Waals surface area contributed by atoms with Gasteiger partial charge in [0.05, 0.1) is 39.4 Å². The molecule has 0 spiro atoms. The summed E-state index contributed by atoms with van der Waals surface area (Å²) in [6.07, 6.45) is -0.336. The van der Waals surface area contributed by atoms with Crippen LogP contribution in [0, 0.1) is 5.92 Å². The van der Waals surface area contributed by atoms with Gasteiger partial charge in [0.15, 0.2) is 11.2 Å². The molecule has 5 rings (SSSR count). The molecule has 11 nitrogen and oxygen atoms in total. The summed E-state index contributed by atoms with van der Waals surface area (Å²) in [4.78, 5) is 16.1. The minimum Gasteiger partial charge on any atom is -0.497 e. The van der Waals surface area contributed by atoms with Crippen LogP contribution in [0.4, 0.5) is 0 Å². The number of esters is 1. The average Bonchev–Trinajstić information content (AvgIpc) is 3.40. The molecule has 3 aromatic rings. The predicted molar refractivity (Wildman–Crippen MR) is 152 cm³/mol. The number of azide groups is 1. The summed E-state index contributed by atoms with van der Waals surface area (Å²) in [5, 5.41) is 28.4. The molecule has 0 amide bonds. The topological polar surface area (TPSA) is 152 Å². The Labute approximate surface area is 243 Å². The van der Waals surface area contributed by atoms with E-state index in [-0.39, 0.29) is 17.1 Å². The number of aliphatic hydroxyl groups excluding tert-OH is 1. The summed E-state index contributed by atoms with van der Waals surface area (Å²) in [7, 11) is 4.25. The molecule has 11 heteroatoms. The first-order valence-electron chi connectivity index (χ1n) is 13.6. The van der Waals surface area contributed by atoms with Crippen LogP contribution in [0.15, 0.2) is 71.8 Å². The van der Waals surface area contributed by atoms with Crippen LogP contribution in [0.25, 0.3) is 10.4 Å². The normalized spacial score (nSPS) is 25.4. The number of aliphatic hydroxyl groups is 2. The number of benzene rings is 3. The van der Waals surface area contributed by atoms with E-state index in [1.54, 1.807) is 43.5 Å². The molecule has 1 fully saturated rings. The lowest BCUT2D eigenvalue weighted by atomic mass is 9.70. The Bertz CT molecular complexity index is 1480. The number of carbonyl (C=O) groups is 1. The fourth-order valence-corrected chi connectivity index (χ4v) is 6.39. The third kappa shape index (κ3) is 4.46. The van der Waals surface area contributed by atoms with E-state index in [9.17, 15) is 15.0 Å². The lowest BCUT2D eigenvalue weighted by molar-refractivity contribution is -0.161. The van der Waals surface area contributed by atoms with Crippen molar-refractivity contribution >= 4 is 5.97 Å². The van der Waals surface area contributed by atoms with E-state index in [1.165, 1.54) is 14.2 Å². The molecule has 220 valence electrons. The highest BCUT2D eigenvalue weighted by atomic mass is 16.6. The molecular weight excluding hydrogens is 542 g/mol. The zero-order valence-corrected chi connectivity index (χ0v) is 23.6. The molecule has 1 aliphatic carbocycles. The molecule has 1 aliphatic heterocycles. The first-order valence-corrected chi connectivity index (χ1v) is 13.6. The number of methoxy groups -OCH3 is 3. The van der Waals surface area contributed by atoms with Crippen LogP contribution in [0.1, 0.15) is 35.4 Å². The van der Waals surface area contributed by atoms with Crippen molar-refractivity contribution in [3.8, 4) is 23.0 Å². The first-order chi connectivity index (χ1) is 20.4. The molecule has 2 aliphatic rings. The highest BCUT2D eigenvalue weighted by molar-refractivity contribution is 5.78. The van der Waals surface area contributed by atoms with Gasteiger partial charge in [-0.2, -0.15) is 0 Å². The maximum atomic E-state index is 13.3. The monoisotopic (exact) mass is 575 g/mol. The fourth-order valence-electron chi connectivity index (χ4n) is 6.39. The molecule has 0 unspecified atom stereocenters. The summed E-state index contributed by atoms with van der Waals surface area (Å²) in [5.74, 6) is -1.25. The minimum absolute atomic E-state index is 0.205. The first kappa shape index (κ1) is 29.1. The number of rotatable bonds is 11. The standard InChI is InChI=1S/C31H33N3O8/c1-38-21-13-11-20(12-14-21)31-26(19-9-5-4-6-10-19)25(29(36)40-3)28(35)30(31,37)27-23(39-2)17-22(18-24(27)42-31)41-16-8-7-15-33-34-32/h4-6,9-14,17-18,25-26,28,35,37H,7-8,15-16H2,1-3H3/t25-,26-,28-,30+,31+/m1/s1. The van der Waals surface area contributed by atoms with Crippen molar-refractivity contribution < 1.29 is 38.7 Å². The molecule has 1 saturated carbocycles. The maximum absolute atomic E-state index is 13.3. The number of ether oxygens (including phenoxy) is 5. The highest BCUT2D eigenvalue weighted by Gasteiger charge is 2.78. The van der Waals surface area contributed by atoms with E-state index in [2.05, 4.69) is 10.0 Å². The van der Waals surface area contributed by atoms with Crippen LogP contribution in [0.3, 0.4) is 0 Å². The summed E-state index contributed by atoms with van der Waals surface area (Å²) >= 11 is 0. The van der Waals surface area contributed by atoms with Crippen LogP contribution < -0.4 is 18.9 Å². The molecule has 5 atom stereocenters. The van der Waals surface area contributed by atoms with Gasteiger partial charge in [0, 0.05) is 29.5 Å². The van der Waals surface area contributed by atoms with Crippen molar-refractivity contribution in [1.82, 2.24) is 0 Å². The largest absolute Gasteiger partial charge is 0.497 e. The number of hydrogen-bond donors (Lipinski definition) is 2. The summed E-state index contributed by atoms with van der Waals surface area (Å²) in [5.41, 5.74) is 6.04. The second-order valence-corrected chi connectivity index (χ2v) is 10.2. The average molecular weight is 576 g/mol. The Morgan fingerprint density at radius 2 is 1.76 bits per heavy atom. The molecule has 1 heterocycles. The van der Waals surface area contributed by atoms with Crippen molar-refractivity contribution in [3.05, 3.63) is 93.9 Å². The molecule has 42 heavy (non-hydrogen) atoms. The molecule has 2 N–H and O–H groups in total. The lowest BCUT2D eigenvalue weighted by Crippen LogP contribution is -2.52. The third-order valence-electron chi connectivity index (χ3n) is 8.18. The van der Waals surface area contributed by atoms with Crippen molar-refractivity contribution in [3.63, 3.8) is 0 Å². The predicted octanol–water partition coefficient (Wildman–Crippen LogP) is 4.60. The molecule has 3 aromatic carbocycles. The van der Waals surface area contributed by atoms with Crippen LogP contribution in [-0.4, -0.2) is 56.8 Å². The quantitative estimate of drug-likeness (QED) is 0.111. The van der Waals surface area contributed by atoms with Crippen LogP contribution in [0.2, 0.25) is 0 Å². The van der Waals surface area contributed by atoms with E-state index < -0.39 is 35.1 Å². The van der Waals surface area contributed by atoms with Gasteiger partial charge in [-0.25, -0.2) is 0 Å². The Kier molecular flexibility index (Phi) is 8.17. The van der Waals surface area contributed by atoms with Crippen molar-refractivity contribution in [1.29, 1.82) is 0 Å². The number of nitrogens with zero attached hydrogens (tertiary/aromatic N) is 3. The SMILES string of the molecule is COC(=O)[C@H]1[C@@H](O)[C@@]2(O)c3c(OC)cc(OCCCCN=[N+]=[N-])cc3O[C@@]2(c2ccc(OC)cc2)[C@@H]1c1ccccc1. The van der Waals surface area contributed by atoms with Gasteiger partial charge < -0.3 is 33.9 Å². The zero-order chi connectivity index (χ0) is 29.9. The summed E-state index contributed by atoms with van der Waals surface area (Å²) < 4.78 is 29.0. The number of unbranched alkanes of at least 4 members (excludes halogenated alkanes) is 1. The van der Waals surface area contributed by atoms with E-state index in [4.69, 9.17) is 29.2 Å². The second-order valence-electron chi connectivity index (χ2n) is 10.2.